The fraction of sp³-hybridized carbons (Fsp3) is 0. The average molecular weight is 138 g/mol. The molecule has 0 radical (unpaired) electrons. The topological polar surface area (TPSA) is 74.6 Å². The van der Waals surface area contributed by atoms with E-state index in [-0.39, 0.29) is 31.3 Å². The molecule has 0 aromatic heterocycles. The van der Waals surface area contributed by atoms with Crippen LogP contribution in [0.4, 0.5) is 0 Å². The van der Waals surface area contributed by atoms with Crippen LogP contribution in [-0.4, -0.2) is 28.5 Å². The maximum Gasteiger partial charge on any atom is 1.00 e. The van der Waals surface area contributed by atoms with E-state index in [1.54, 1.807) is 0 Å². The van der Waals surface area contributed by atoms with E-state index in [0.29, 0.717) is 0 Å². The Labute approximate surface area is 59.6 Å². The Morgan fingerprint density at radius 3 is 1.29 bits per heavy atom. The Balaban J connectivity index is -0.0000000267. The fourth-order valence-corrected chi connectivity index (χ4v) is 0. The molecule has 0 aromatic rings. The fourth-order valence-electron chi connectivity index (χ4n) is 0. The SMILES string of the molecule is O=S(=O)(O)O.[H-].[Li+].[SiH4]. The first-order valence-corrected chi connectivity index (χ1v) is 2.10. The predicted octanol–water partition coefficient (Wildman–Crippen LogP) is -4.99. The van der Waals surface area contributed by atoms with Crippen LogP contribution >= 0.6 is 0 Å². The van der Waals surface area contributed by atoms with Crippen LogP contribution in [-0.2, 0) is 10.4 Å². The van der Waals surface area contributed by atoms with E-state index < -0.39 is 10.4 Å². The molecule has 0 heterocycles. The second kappa shape index (κ2) is 4.83. The zero-order valence-corrected chi connectivity index (χ0v) is 3.94. The molecule has 0 saturated heterocycles. The molecule has 4 nitrogen and oxygen atoms in total. The number of hydrogen-bond donors (Lipinski definition) is 2. The molecule has 0 bridgehead atoms. The van der Waals surface area contributed by atoms with Crippen molar-refractivity contribution in [3.8, 4) is 0 Å². The molecule has 0 amide bonds. The predicted molar refractivity (Wildman–Crippen MR) is 26.6 cm³/mol. The van der Waals surface area contributed by atoms with Gasteiger partial charge in [0.05, 0.1) is 0 Å². The summed E-state index contributed by atoms with van der Waals surface area (Å²) in [5.41, 5.74) is 0. The van der Waals surface area contributed by atoms with Crippen molar-refractivity contribution < 1.29 is 37.8 Å². The van der Waals surface area contributed by atoms with Crippen LogP contribution in [0.1, 0.15) is 1.43 Å². The normalized spacial score (nSPS) is 8.29. The molecule has 7 heteroatoms. The minimum atomic E-state index is -4.67. The molecule has 0 fully saturated rings. The number of hydrogen-bond acceptors (Lipinski definition) is 2. The van der Waals surface area contributed by atoms with Gasteiger partial charge in [0.2, 0.25) is 0 Å². The van der Waals surface area contributed by atoms with Gasteiger partial charge in [-0.3, -0.25) is 9.11 Å². The van der Waals surface area contributed by atoms with Gasteiger partial charge in [0, 0.05) is 0 Å². The summed E-state index contributed by atoms with van der Waals surface area (Å²) in [4.78, 5) is 0. The Morgan fingerprint density at radius 2 is 1.29 bits per heavy atom. The summed E-state index contributed by atoms with van der Waals surface area (Å²) in [6, 6.07) is 0. The van der Waals surface area contributed by atoms with Gasteiger partial charge >= 0.3 is 29.3 Å². The van der Waals surface area contributed by atoms with Crippen molar-refractivity contribution >= 4 is 21.4 Å². The van der Waals surface area contributed by atoms with E-state index in [1.807, 2.05) is 0 Å². The maximum atomic E-state index is 8.74. The summed E-state index contributed by atoms with van der Waals surface area (Å²) in [5.74, 6) is 0. The van der Waals surface area contributed by atoms with Crippen molar-refractivity contribution in [2.24, 2.45) is 0 Å². The molecule has 0 unspecified atom stereocenters. The molecule has 2 N–H and O–H groups in total. The van der Waals surface area contributed by atoms with E-state index in [4.69, 9.17) is 17.5 Å². The molecule has 42 valence electrons. The Kier molecular flexibility index (Phi) is 10.8. The van der Waals surface area contributed by atoms with Crippen LogP contribution in [0.2, 0.25) is 0 Å². The van der Waals surface area contributed by atoms with Gasteiger partial charge in [-0.05, 0) is 11.0 Å². The van der Waals surface area contributed by atoms with Crippen molar-refractivity contribution in [1.82, 2.24) is 0 Å². The van der Waals surface area contributed by atoms with E-state index in [1.165, 1.54) is 0 Å². The van der Waals surface area contributed by atoms with E-state index >= 15 is 0 Å². The van der Waals surface area contributed by atoms with E-state index in [9.17, 15) is 0 Å². The van der Waals surface area contributed by atoms with Crippen LogP contribution in [0.5, 0.6) is 0 Å². The third-order valence-electron chi connectivity index (χ3n) is 0. The number of rotatable bonds is 0. The monoisotopic (exact) mass is 138 g/mol. The van der Waals surface area contributed by atoms with E-state index in [2.05, 4.69) is 0 Å². The Hall–Kier alpha value is 0.684. The third kappa shape index (κ3) is 313. The Bertz CT molecular complexity index is 99.2. The molecule has 0 spiro atoms. The van der Waals surface area contributed by atoms with Gasteiger partial charge in [0.15, 0.2) is 0 Å². The first-order valence-electron chi connectivity index (χ1n) is 0.698. The quantitative estimate of drug-likeness (QED) is 0.260. The van der Waals surface area contributed by atoms with Crippen molar-refractivity contribution in [1.29, 1.82) is 0 Å². The standard InChI is InChI=1S/Li.H2O4S.H4Si.H/c;1-5(2,3)4;;/h;(H2,1,2,3,4);1H4;/q+1;;;-1. The third-order valence-corrected chi connectivity index (χ3v) is 0. The zero-order chi connectivity index (χ0) is 4.50. The first-order chi connectivity index (χ1) is 2.00. The van der Waals surface area contributed by atoms with Gasteiger partial charge in [0.25, 0.3) is 0 Å². The zero-order valence-electron chi connectivity index (χ0n) is 4.12. The van der Waals surface area contributed by atoms with Crippen LogP contribution in [0.3, 0.4) is 0 Å². The molecular formula is H7LiO4SSi. The van der Waals surface area contributed by atoms with Crippen LogP contribution in [0, 0.1) is 0 Å². The summed E-state index contributed by atoms with van der Waals surface area (Å²) >= 11 is 0. The van der Waals surface area contributed by atoms with Crippen molar-refractivity contribution in [3.63, 3.8) is 0 Å². The largest absolute Gasteiger partial charge is 1.00 e. The molecule has 0 aliphatic heterocycles. The van der Waals surface area contributed by atoms with Gasteiger partial charge in [0.1, 0.15) is 0 Å². The summed E-state index contributed by atoms with van der Waals surface area (Å²) in [6.45, 7) is 0. The smallest absolute Gasteiger partial charge is 1.00 e. The van der Waals surface area contributed by atoms with Gasteiger partial charge in [-0.25, -0.2) is 0 Å². The van der Waals surface area contributed by atoms with Crippen LogP contribution in [0.25, 0.3) is 0 Å². The molecule has 0 aliphatic rings. The molecule has 0 aliphatic carbocycles. The summed E-state index contributed by atoms with van der Waals surface area (Å²) in [6.07, 6.45) is 0. The van der Waals surface area contributed by atoms with Crippen molar-refractivity contribution in [3.05, 3.63) is 0 Å². The maximum absolute atomic E-state index is 8.74. The van der Waals surface area contributed by atoms with Crippen molar-refractivity contribution in [2.75, 3.05) is 0 Å². The molecule has 0 saturated carbocycles. The van der Waals surface area contributed by atoms with Gasteiger partial charge in [-0.2, -0.15) is 8.42 Å². The summed E-state index contributed by atoms with van der Waals surface area (Å²) < 4.78 is 31.6. The Morgan fingerprint density at radius 1 is 1.29 bits per heavy atom. The molecule has 0 aromatic carbocycles. The van der Waals surface area contributed by atoms with Gasteiger partial charge in [-0.15, -0.1) is 0 Å². The van der Waals surface area contributed by atoms with Crippen molar-refractivity contribution in [2.45, 2.75) is 0 Å². The minimum absolute atomic E-state index is 0. The molecule has 0 rings (SSSR count). The van der Waals surface area contributed by atoms with Crippen LogP contribution < -0.4 is 18.9 Å². The van der Waals surface area contributed by atoms with Gasteiger partial charge < -0.3 is 1.43 Å². The molecule has 7 heavy (non-hydrogen) atoms. The second-order valence-electron chi connectivity index (χ2n) is 0.448. The summed E-state index contributed by atoms with van der Waals surface area (Å²) in [5, 5.41) is 0. The van der Waals surface area contributed by atoms with Crippen LogP contribution in [0.15, 0.2) is 0 Å². The average Bonchev–Trinajstić information content (AvgIpc) is 0.722. The van der Waals surface area contributed by atoms with E-state index in [0.717, 1.165) is 0 Å². The first kappa shape index (κ1) is 15.6. The molecular weight excluding hydrogens is 131 g/mol. The second-order valence-corrected chi connectivity index (χ2v) is 1.34. The minimum Gasteiger partial charge on any atom is -1.00 e. The van der Waals surface area contributed by atoms with Gasteiger partial charge in [-0.1, -0.05) is 0 Å². The molecule has 0 atom stereocenters. The summed E-state index contributed by atoms with van der Waals surface area (Å²) in [7, 11) is -4.67.